The molecule has 0 aliphatic rings. The van der Waals surface area contributed by atoms with E-state index in [9.17, 15) is 4.79 Å². The molecule has 0 bridgehead atoms. The fourth-order valence-electron chi connectivity index (χ4n) is 1.79. The molecule has 7 heteroatoms. The maximum Gasteiger partial charge on any atom is 0.291 e. The number of nitrogens with zero attached hydrogens (tertiary/aromatic N) is 2. The van der Waals surface area contributed by atoms with E-state index in [1.807, 2.05) is 12.1 Å². The molecule has 0 fully saturated rings. The van der Waals surface area contributed by atoms with Crippen LogP contribution in [0.5, 0.6) is 0 Å². The third kappa shape index (κ3) is 3.07. The van der Waals surface area contributed by atoms with Gasteiger partial charge in [0, 0.05) is 16.7 Å². The molecular formula is C15H11ClN4O2. The predicted molar refractivity (Wildman–Crippen MR) is 82.8 cm³/mol. The molecule has 22 heavy (non-hydrogen) atoms. The molecule has 1 aromatic carbocycles. The van der Waals surface area contributed by atoms with Crippen molar-refractivity contribution in [1.29, 1.82) is 0 Å². The number of halogens is 1. The van der Waals surface area contributed by atoms with Crippen molar-refractivity contribution in [2.45, 2.75) is 0 Å². The smallest absolute Gasteiger partial charge is 0.291 e. The molecular weight excluding hydrogens is 304 g/mol. The molecule has 0 saturated heterocycles. The number of carbonyl (C=O) groups is 1. The van der Waals surface area contributed by atoms with E-state index >= 15 is 0 Å². The Kier molecular flexibility index (Phi) is 4.02. The highest BCUT2D eigenvalue weighted by Gasteiger charge is 2.11. The van der Waals surface area contributed by atoms with E-state index in [2.05, 4.69) is 20.7 Å². The number of H-pyrrole nitrogens is 1. The van der Waals surface area contributed by atoms with Gasteiger partial charge >= 0.3 is 0 Å². The number of hydrazone groups is 1. The van der Waals surface area contributed by atoms with Crippen molar-refractivity contribution in [2.75, 3.05) is 0 Å². The van der Waals surface area contributed by atoms with Gasteiger partial charge in [-0.2, -0.15) is 10.2 Å². The summed E-state index contributed by atoms with van der Waals surface area (Å²) >= 11 is 5.99. The van der Waals surface area contributed by atoms with Crippen molar-refractivity contribution in [3.8, 4) is 11.5 Å². The van der Waals surface area contributed by atoms with Crippen LogP contribution in [0.3, 0.4) is 0 Å². The molecule has 0 saturated carbocycles. The van der Waals surface area contributed by atoms with Crippen LogP contribution in [0.25, 0.3) is 11.5 Å². The second kappa shape index (κ2) is 6.28. The number of furan rings is 1. The lowest BCUT2D eigenvalue weighted by atomic mass is 10.2. The SMILES string of the molecule is O=C(NN=Cc1ccccc1Cl)c1cc(-c2ccco2)[nH]n1. The van der Waals surface area contributed by atoms with E-state index in [1.54, 1.807) is 36.6 Å². The number of aromatic nitrogens is 2. The zero-order valence-corrected chi connectivity index (χ0v) is 12.0. The molecule has 0 radical (unpaired) electrons. The highest BCUT2D eigenvalue weighted by molar-refractivity contribution is 6.33. The molecule has 0 aliphatic heterocycles. The van der Waals surface area contributed by atoms with Gasteiger partial charge < -0.3 is 4.42 Å². The lowest BCUT2D eigenvalue weighted by Gasteiger charge is -1.97. The number of carbonyl (C=O) groups excluding carboxylic acids is 1. The fraction of sp³-hybridized carbons (Fsp3) is 0. The molecule has 2 N–H and O–H groups in total. The third-order valence-electron chi connectivity index (χ3n) is 2.87. The van der Waals surface area contributed by atoms with Crippen molar-refractivity contribution in [3.05, 3.63) is 65.0 Å². The summed E-state index contributed by atoms with van der Waals surface area (Å²) in [5.74, 6) is 0.170. The zero-order chi connectivity index (χ0) is 15.4. The molecule has 3 aromatic rings. The molecule has 2 heterocycles. The van der Waals surface area contributed by atoms with Gasteiger partial charge in [-0.15, -0.1) is 0 Å². The maximum absolute atomic E-state index is 11.9. The number of hydrogen-bond acceptors (Lipinski definition) is 4. The number of aromatic amines is 1. The summed E-state index contributed by atoms with van der Waals surface area (Å²) in [6, 6.07) is 12.3. The Bertz CT molecular complexity index is 809. The van der Waals surface area contributed by atoms with Crippen LogP contribution in [0, 0.1) is 0 Å². The van der Waals surface area contributed by atoms with E-state index < -0.39 is 5.91 Å². The first-order valence-electron chi connectivity index (χ1n) is 6.41. The molecule has 0 unspecified atom stereocenters. The predicted octanol–water partition coefficient (Wildman–Crippen LogP) is 3.09. The van der Waals surface area contributed by atoms with Gasteiger partial charge in [0.2, 0.25) is 0 Å². The second-order valence-electron chi connectivity index (χ2n) is 4.36. The van der Waals surface area contributed by atoms with Crippen LogP contribution in [-0.4, -0.2) is 22.3 Å². The molecule has 6 nitrogen and oxygen atoms in total. The molecule has 2 aromatic heterocycles. The summed E-state index contributed by atoms with van der Waals surface area (Å²) in [5, 5.41) is 11.1. The Morgan fingerprint density at radius 1 is 1.32 bits per heavy atom. The monoisotopic (exact) mass is 314 g/mol. The zero-order valence-electron chi connectivity index (χ0n) is 11.3. The first kappa shape index (κ1) is 14.1. The lowest BCUT2D eigenvalue weighted by Crippen LogP contribution is -2.18. The average molecular weight is 315 g/mol. The van der Waals surface area contributed by atoms with E-state index in [-0.39, 0.29) is 5.69 Å². The van der Waals surface area contributed by atoms with Crippen LogP contribution in [0.15, 0.2) is 58.2 Å². The van der Waals surface area contributed by atoms with Crippen LogP contribution in [0.1, 0.15) is 16.1 Å². The van der Waals surface area contributed by atoms with Crippen molar-refractivity contribution in [1.82, 2.24) is 15.6 Å². The molecule has 110 valence electrons. The Hall–Kier alpha value is -2.86. The highest BCUT2D eigenvalue weighted by atomic mass is 35.5. The van der Waals surface area contributed by atoms with Crippen molar-refractivity contribution >= 4 is 23.7 Å². The molecule has 1 amide bonds. The number of hydrogen-bond donors (Lipinski definition) is 2. The minimum atomic E-state index is -0.433. The van der Waals surface area contributed by atoms with E-state index in [1.165, 1.54) is 6.21 Å². The summed E-state index contributed by atoms with van der Waals surface area (Å²) < 4.78 is 5.22. The van der Waals surface area contributed by atoms with E-state index in [0.717, 1.165) is 0 Å². The van der Waals surface area contributed by atoms with Crippen LogP contribution in [0.4, 0.5) is 0 Å². The molecule has 3 rings (SSSR count). The van der Waals surface area contributed by atoms with Gasteiger partial charge in [0.15, 0.2) is 11.5 Å². The summed E-state index contributed by atoms with van der Waals surface area (Å²) in [6.07, 6.45) is 3.02. The van der Waals surface area contributed by atoms with Gasteiger partial charge in [-0.05, 0) is 18.2 Å². The van der Waals surface area contributed by atoms with E-state index in [0.29, 0.717) is 22.0 Å². The maximum atomic E-state index is 11.9. The number of benzene rings is 1. The molecule has 0 spiro atoms. The molecule has 0 atom stereocenters. The Morgan fingerprint density at radius 3 is 2.95 bits per heavy atom. The van der Waals surface area contributed by atoms with E-state index in [4.69, 9.17) is 16.0 Å². The lowest BCUT2D eigenvalue weighted by molar-refractivity contribution is 0.0950. The summed E-state index contributed by atoms with van der Waals surface area (Å²) in [6.45, 7) is 0. The highest BCUT2D eigenvalue weighted by Crippen LogP contribution is 2.17. The largest absolute Gasteiger partial charge is 0.463 e. The van der Waals surface area contributed by atoms with Crippen molar-refractivity contribution in [2.24, 2.45) is 5.10 Å². The van der Waals surface area contributed by atoms with Gasteiger partial charge in [-0.3, -0.25) is 9.89 Å². The van der Waals surface area contributed by atoms with Gasteiger partial charge in [0.25, 0.3) is 5.91 Å². The van der Waals surface area contributed by atoms with Crippen LogP contribution < -0.4 is 5.43 Å². The van der Waals surface area contributed by atoms with Crippen LogP contribution in [-0.2, 0) is 0 Å². The minimum Gasteiger partial charge on any atom is -0.463 e. The first-order chi connectivity index (χ1) is 10.7. The normalized spacial score (nSPS) is 11.0. The Labute approximate surface area is 130 Å². The number of nitrogens with one attached hydrogen (secondary N) is 2. The number of rotatable bonds is 4. The van der Waals surface area contributed by atoms with Crippen molar-refractivity contribution in [3.63, 3.8) is 0 Å². The summed E-state index contributed by atoms with van der Waals surface area (Å²) in [7, 11) is 0. The second-order valence-corrected chi connectivity index (χ2v) is 4.77. The Morgan fingerprint density at radius 2 is 2.18 bits per heavy atom. The van der Waals surface area contributed by atoms with Crippen LogP contribution in [0.2, 0.25) is 5.02 Å². The minimum absolute atomic E-state index is 0.211. The van der Waals surface area contributed by atoms with Gasteiger partial charge in [-0.1, -0.05) is 29.8 Å². The quantitative estimate of drug-likeness (QED) is 0.573. The topological polar surface area (TPSA) is 83.3 Å². The fourth-order valence-corrected chi connectivity index (χ4v) is 1.98. The van der Waals surface area contributed by atoms with Crippen molar-refractivity contribution < 1.29 is 9.21 Å². The third-order valence-corrected chi connectivity index (χ3v) is 3.22. The van der Waals surface area contributed by atoms with Gasteiger partial charge in [0.05, 0.1) is 12.5 Å². The van der Waals surface area contributed by atoms with Gasteiger partial charge in [0.1, 0.15) is 5.69 Å². The summed E-state index contributed by atoms with van der Waals surface area (Å²) in [4.78, 5) is 11.9. The van der Waals surface area contributed by atoms with Gasteiger partial charge in [-0.25, -0.2) is 5.43 Å². The average Bonchev–Trinajstić information content (AvgIpc) is 3.20. The first-order valence-corrected chi connectivity index (χ1v) is 6.79. The number of amides is 1. The summed E-state index contributed by atoms with van der Waals surface area (Å²) in [5.41, 5.74) is 3.93. The Balaban J connectivity index is 1.67. The molecule has 0 aliphatic carbocycles. The van der Waals surface area contributed by atoms with Crippen LogP contribution >= 0.6 is 11.6 Å². The standard InChI is InChI=1S/C15H11ClN4O2/c16-11-5-2-1-4-10(11)9-17-20-15(21)13-8-12(18-19-13)14-6-3-7-22-14/h1-9H,(H,18,19)(H,20,21).